The van der Waals surface area contributed by atoms with Crippen molar-refractivity contribution in [1.29, 1.82) is 0 Å². The minimum Gasteiger partial charge on any atom is -0.481 e. The second-order valence-corrected chi connectivity index (χ2v) is 5.19. The van der Waals surface area contributed by atoms with Gasteiger partial charge in [0.15, 0.2) is 0 Å². The summed E-state index contributed by atoms with van der Waals surface area (Å²) in [4.78, 5) is 22.7. The van der Waals surface area contributed by atoms with Crippen LogP contribution in [-0.4, -0.2) is 23.5 Å². The molecule has 0 bridgehead atoms. The summed E-state index contributed by atoms with van der Waals surface area (Å²) in [5.74, 6) is -1.06. The first-order valence-electron chi connectivity index (χ1n) is 5.31. The van der Waals surface area contributed by atoms with Gasteiger partial charge in [0.1, 0.15) is 0 Å². The highest BCUT2D eigenvalue weighted by molar-refractivity contribution is 9.10. The molecule has 0 aromatic heterocycles. The molecule has 90 valence electrons. The van der Waals surface area contributed by atoms with Crippen molar-refractivity contribution in [2.45, 2.75) is 12.8 Å². The quantitative estimate of drug-likeness (QED) is 0.894. The van der Waals surface area contributed by atoms with Crippen molar-refractivity contribution in [2.24, 2.45) is 5.41 Å². The van der Waals surface area contributed by atoms with Crippen LogP contribution in [0.25, 0.3) is 0 Å². The third-order valence-electron chi connectivity index (χ3n) is 3.00. The van der Waals surface area contributed by atoms with Crippen molar-refractivity contribution in [1.82, 2.24) is 5.32 Å². The van der Waals surface area contributed by atoms with E-state index in [4.69, 9.17) is 5.11 Å². The van der Waals surface area contributed by atoms with E-state index in [1.807, 2.05) is 0 Å². The molecule has 2 rings (SSSR count). The fraction of sp³-hybridized carbons (Fsp3) is 0.333. The van der Waals surface area contributed by atoms with Crippen molar-refractivity contribution >= 4 is 27.8 Å². The molecule has 17 heavy (non-hydrogen) atoms. The average molecular weight is 298 g/mol. The van der Waals surface area contributed by atoms with Crippen LogP contribution in [0, 0.1) is 5.41 Å². The van der Waals surface area contributed by atoms with Crippen molar-refractivity contribution in [3.8, 4) is 0 Å². The lowest BCUT2D eigenvalue weighted by atomic mass is 10.1. The van der Waals surface area contributed by atoms with Crippen LogP contribution in [0.2, 0.25) is 0 Å². The van der Waals surface area contributed by atoms with Gasteiger partial charge in [0, 0.05) is 16.6 Å². The summed E-state index contributed by atoms with van der Waals surface area (Å²) < 4.78 is 0.901. The molecule has 0 aliphatic heterocycles. The number of hydrogen-bond donors (Lipinski definition) is 2. The molecule has 1 fully saturated rings. The number of rotatable bonds is 4. The monoisotopic (exact) mass is 297 g/mol. The topological polar surface area (TPSA) is 66.4 Å². The summed E-state index contributed by atoms with van der Waals surface area (Å²) in [6.07, 6.45) is 1.28. The molecule has 1 aliphatic carbocycles. The lowest BCUT2D eigenvalue weighted by Crippen LogP contribution is -2.34. The van der Waals surface area contributed by atoms with Crippen LogP contribution in [0.3, 0.4) is 0 Å². The molecule has 0 heterocycles. The molecule has 5 heteroatoms. The molecular weight excluding hydrogens is 286 g/mol. The van der Waals surface area contributed by atoms with Gasteiger partial charge < -0.3 is 10.4 Å². The molecule has 1 aromatic carbocycles. The Hall–Kier alpha value is -1.36. The van der Waals surface area contributed by atoms with Gasteiger partial charge in [-0.15, -0.1) is 0 Å². The van der Waals surface area contributed by atoms with Gasteiger partial charge in [-0.2, -0.15) is 0 Å². The first-order valence-corrected chi connectivity index (χ1v) is 6.10. The maximum Gasteiger partial charge on any atom is 0.311 e. The van der Waals surface area contributed by atoms with E-state index in [0.717, 1.165) is 4.47 Å². The fourth-order valence-corrected chi connectivity index (χ4v) is 1.83. The molecule has 0 saturated heterocycles. The van der Waals surface area contributed by atoms with Crippen LogP contribution in [0.5, 0.6) is 0 Å². The van der Waals surface area contributed by atoms with E-state index >= 15 is 0 Å². The minimum absolute atomic E-state index is 0.206. The number of carbonyl (C=O) groups excluding carboxylic acids is 1. The van der Waals surface area contributed by atoms with Crippen molar-refractivity contribution in [2.75, 3.05) is 6.54 Å². The van der Waals surface area contributed by atoms with E-state index in [1.165, 1.54) is 0 Å². The number of amides is 1. The lowest BCUT2D eigenvalue weighted by Gasteiger charge is -2.11. The summed E-state index contributed by atoms with van der Waals surface area (Å²) in [5.41, 5.74) is -0.181. The van der Waals surface area contributed by atoms with Crippen LogP contribution in [0.15, 0.2) is 28.7 Å². The standard InChI is InChI=1S/C12H12BrNO3/c13-9-3-1-8(2-4-9)10(15)14-7-12(5-6-12)11(16)17/h1-4H,5-7H2,(H,14,15)(H,16,17). The van der Waals surface area contributed by atoms with Gasteiger partial charge >= 0.3 is 5.97 Å². The van der Waals surface area contributed by atoms with E-state index in [9.17, 15) is 9.59 Å². The van der Waals surface area contributed by atoms with Gasteiger partial charge in [0.2, 0.25) is 0 Å². The van der Waals surface area contributed by atoms with Crippen molar-refractivity contribution in [3.05, 3.63) is 34.3 Å². The van der Waals surface area contributed by atoms with Gasteiger partial charge in [-0.3, -0.25) is 9.59 Å². The second-order valence-electron chi connectivity index (χ2n) is 4.28. The Morgan fingerprint density at radius 1 is 1.29 bits per heavy atom. The number of halogens is 1. The minimum atomic E-state index is -0.825. The third-order valence-corrected chi connectivity index (χ3v) is 3.53. The van der Waals surface area contributed by atoms with Crippen molar-refractivity contribution < 1.29 is 14.7 Å². The maximum atomic E-state index is 11.7. The molecular formula is C12H12BrNO3. The highest BCUT2D eigenvalue weighted by atomic mass is 79.9. The van der Waals surface area contributed by atoms with Crippen LogP contribution >= 0.6 is 15.9 Å². The number of carbonyl (C=O) groups is 2. The van der Waals surface area contributed by atoms with Crippen molar-refractivity contribution in [3.63, 3.8) is 0 Å². The number of carboxylic acid groups (broad SMARTS) is 1. The van der Waals surface area contributed by atoms with E-state index in [-0.39, 0.29) is 12.5 Å². The third kappa shape index (κ3) is 2.66. The van der Waals surface area contributed by atoms with E-state index in [0.29, 0.717) is 18.4 Å². The first-order chi connectivity index (χ1) is 8.03. The highest BCUT2D eigenvalue weighted by Gasteiger charge is 2.50. The van der Waals surface area contributed by atoms with Gasteiger partial charge in [0.25, 0.3) is 5.91 Å². The van der Waals surface area contributed by atoms with Gasteiger partial charge in [-0.25, -0.2) is 0 Å². The van der Waals surface area contributed by atoms with Gasteiger partial charge in [-0.05, 0) is 37.1 Å². The summed E-state index contributed by atoms with van der Waals surface area (Å²) in [7, 11) is 0. The van der Waals surface area contributed by atoms with Crippen LogP contribution in [-0.2, 0) is 4.79 Å². The number of hydrogen-bond acceptors (Lipinski definition) is 2. The lowest BCUT2D eigenvalue weighted by molar-refractivity contribution is -0.143. The number of benzene rings is 1. The zero-order valence-corrected chi connectivity index (χ0v) is 10.7. The predicted octanol–water partition coefficient (Wildman–Crippen LogP) is 2.04. The summed E-state index contributed by atoms with van der Waals surface area (Å²) in [5, 5.41) is 11.6. The number of nitrogens with one attached hydrogen (secondary N) is 1. The first kappa shape index (κ1) is 12.1. The van der Waals surface area contributed by atoms with Gasteiger partial charge in [-0.1, -0.05) is 15.9 Å². The Morgan fingerprint density at radius 3 is 2.35 bits per heavy atom. The molecule has 0 radical (unpaired) electrons. The molecule has 0 spiro atoms. The Labute approximate surface area is 107 Å². The SMILES string of the molecule is O=C(NCC1(C(=O)O)CC1)c1ccc(Br)cc1. The molecule has 1 aliphatic rings. The Morgan fingerprint density at radius 2 is 1.88 bits per heavy atom. The fourth-order valence-electron chi connectivity index (χ4n) is 1.57. The molecule has 0 unspecified atom stereocenters. The zero-order valence-electron chi connectivity index (χ0n) is 9.07. The van der Waals surface area contributed by atoms with E-state index < -0.39 is 11.4 Å². The summed E-state index contributed by atoms with van der Waals surface area (Å²) in [6.45, 7) is 0.206. The van der Waals surface area contributed by atoms with Crippen LogP contribution in [0.4, 0.5) is 0 Å². The van der Waals surface area contributed by atoms with E-state index in [2.05, 4.69) is 21.2 Å². The summed E-state index contributed by atoms with van der Waals surface area (Å²) >= 11 is 3.28. The molecule has 1 aromatic rings. The second kappa shape index (κ2) is 4.49. The average Bonchev–Trinajstić information content (AvgIpc) is 3.08. The zero-order chi connectivity index (χ0) is 12.5. The predicted molar refractivity (Wildman–Crippen MR) is 65.8 cm³/mol. The Balaban J connectivity index is 1.94. The number of aliphatic carboxylic acids is 1. The Kier molecular flexibility index (Phi) is 3.19. The summed E-state index contributed by atoms with van der Waals surface area (Å²) in [6, 6.07) is 6.94. The number of carboxylic acids is 1. The normalized spacial score (nSPS) is 16.3. The molecule has 1 amide bonds. The maximum absolute atomic E-state index is 11.7. The molecule has 4 nitrogen and oxygen atoms in total. The van der Waals surface area contributed by atoms with E-state index in [1.54, 1.807) is 24.3 Å². The molecule has 2 N–H and O–H groups in total. The largest absolute Gasteiger partial charge is 0.481 e. The molecule has 0 atom stereocenters. The van der Waals surface area contributed by atoms with Crippen LogP contribution in [0.1, 0.15) is 23.2 Å². The van der Waals surface area contributed by atoms with Gasteiger partial charge in [0.05, 0.1) is 5.41 Å². The smallest absolute Gasteiger partial charge is 0.311 e. The Bertz CT molecular complexity index is 451. The van der Waals surface area contributed by atoms with Crippen LogP contribution < -0.4 is 5.32 Å². The highest BCUT2D eigenvalue weighted by Crippen LogP contribution is 2.45. The molecule has 1 saturated carbocycles.